The fourth-order valence-electron chi connectivity index (χ4n) is 2.03. The Bertz CT molecular complexity index is 295. The van der Waals surface area contributed by atoms with Gasteiger partial charge in [-0.2, -0.15) is 0 Å². The van der Waals surface area contributed by atoms with E-state index in [-0.39, 0.29) is 0 Å². The van der Waals surface area contributed by atoms with E-state index in [1.165, 1.54) is 0 Å². The Morgan fingerprint density at radius 3 is 2.15 bits per heavy atom. The predicted molar refractivity (Wildman–Crippen MR) is 89.4 cm³/mol. The van der Waals surface area contributed by atoms with E-state index < -0.39 is 31.5 Å². The molecule has 1 atom stereocenters. The topological polar surface area (TPSA) is 40.2 Å². The van der Waals surface area contributed by atoms with Gasteiger partial charge in [0, 0.05) is 6.61 Å². The van der Waals surface area contributed by atoms with Gasteiger partial charge in [0.1, 0.15) is 13.2 Å². The van der Waals surface area contributed by atoms with E-state index in [4.69, 9.17) is 18.0 Å². The highest BCUT2D eigenvalue weighted by Gasteiger charge is 2.49. The quantitative estimate of drug-likeness (QED) is 0.348. The molecule has 0 spiro atoms. The standard InChI is InChI=1S/C13H31O4Si3/c1-18(17-20(5,6)7)10-8-9-14-11-13(12-15-13)16-19(2,3)4/h8-12H2,1-7H3. The van der Waals surface area contributed by atoms with Gasteiger partial charge in [-0.3, -0.25) is 0 Å². The second-order valence-electron chi connectivity index (χ2n) is 7.49. The molecule has 0 aromatic carbocycles. The van der Waals surface area contributed by atoms with Crippen molar-refractivity contribution in [1.82, 2.24) is 0 Å². The van der Waals surface area contributed by atoms with Gasteiger partial charge < -0.3 is 18.0 Å². The van der Waals surface area contributed by atoms with Crippen LogP contribution in [0.2, 0.25) is 51.9 Å². The van der Waals surface area contributed by atoms with Crippen LogP contribution in [0.3, 0.4) is 0 Å². The maximum absolute atomic E-state index is 6.10. The molecule has 119 valence electrons. The molecule has 0 bridgehead atoms. The lowest BCUT2D eigenvalue weighted by Gasteiger charge is -2.24. The lowest BCUT2D eigenvalue weighted by atomic mass is 10.4. The summed E-state index contributed by atoms with van der Waals surface area (Å²) in [6.07, 6.45) is 1.07. The van der Waals surface area contributed by atoms with Crippen LogP contribution < -0.4 is 0 Å². The van der Waals surface area contributed by atoms with Crippen LogP contribution in [-0.4, -0.2) is 51.3 Å². The zero-order valence-corrected chi connectivity index (χ0v) is 17.2. The van der Waals surface area contributed by atoms with Crippen LogP contribution in [0, 0.1) is 0 Å². The molecule has 1 radical (unpaired) electrons. The monoisotopic (exact) mass is 335 g/mol. The Hall–Kier alpha value is 0.491. The highest BCUT2D eigenvalue weighted by molar-refractivity contribution is 6.77. The fourth-order valence-corrected chi connectivity index (χ4v) is 8.56. The number of ether oxygens (including phenoxy) is 2. The Kier molecular flexibility index (Phi) is 6.64. The summed E-state index contributed by atoms with van der Waals surface area (Å²) in [5, 5.41) is 0. The third-order valence-electron chi connectivity index (χ3n) is 2.58. The lowest BCUT2D eigenvalue weighted by molar-refractivity contribution is -0.0308. The molecular formula is C13H31O4Si3. The minimum Gasteiger partial charge on any atom is -0.456 e. The Morgan fingerprint density at radius 2 is 1.70 bits per heavy atom. The van der Waals surface area contributed by atoms with Crippen molar-refractivity contribution in [3.63, 3.8) is 0 Å². The van der Waals surface area contributed by atoms with Gasteiger partial charge in [-0.1, -0.05) is 0 Å². The summed E-state index contributed by atoms with van der Waals surface area (Å²) in [5.74, 6) is -0.417. The smallest absolute Gasteiger partial charge is 0.207 e. The summed E-state index contributed by atoms with van der Waals surface area (Å²) < 4.78 is 23.3. The number of hydrogen-bond donors (Lipinski definition) is 0. The van der Waals surface area contributed by atoms with Crippen LogP contribution in [0.15, 0.2) is 0 Å². The molecule has 0 aliphatic carbocycles. The zero-order chi connectivity index (χ0) is 15.4. The Balaban J connectivity index is 2.08. The van der Waals surface area contributed by atoms with Crippen molar-refractivity contribution in [3.05, 3.63) is 0 Å². The Labute approximate surface area is 128 Å². The van der Waals surface area contributed by atoms with Crippen LogP contribution in [0.1, 0.15) is 6.42 Å². The first-order valence-corrected chi connectivity index (χ1v) is 16.4. The molecule has 4 nitrogen and oxygen atoms in total. The predicted octanol–water partition coefficient (Wildman–Crippen LogP) is 3.44. The van der Waals surface area contributed by atoms with Gasteiger partial charge in [0.15, 0.2) is 25.7 Å². The lowest BCUT2D eigenvalue weighted by Crippen LogP contribution is -2.37. The first kappa shape index (κ1) is 18.5. The Morgan fingerprint density at radius 1 is 1.10 bits per heavy atom. The van der Waals surface area contributed by atoms with E-state index in [1.54, 1.807) is 0 Å². The molecule has 1 unspecified atom stereocenters. The summed E-state index contributed by atoms with van der Waals surface area (Å²) in [6.45, 7) is 17.6. The maximum atomic E-state index is 6.10. The van der Waals surface area contributed by atoms with Gasteiger partial charge in [-0.25, -0.2) is 0 Å². The molecule has 1 fully saturated rings. The van der Waals surface area contributed by atoms with Crippen LogP contribution >= 0.6 is 0 Å². The molecule has 7 heteroatoms. The van der Waals surface area contributed by atoms with Crippen LogP contribution in [0.5, 0.6) is 0 Å². The molecule has 1 rings (SSSR count). The third-order valence-corrected chi connectivity index (χ3v) is 8.46. The van der Waals surface area contributed by atoms with E-state index >= 15 is 0 Å². The number of rotatable bonds is 10. The minimum atomic E-state index is -1.56. The average Bonchev–Trinajstić information content (AvgIpc) is 2.91. The van der Waals surface area contributed by atoms with Crippen LogP contribution in [0.4, 0.5) is 0 Å². The van der Waals surface area contributed by atoms with Crippen molar-refractivity contribution >= 4 is 25.7 Å². The third kappa shape index (κ3) is 8.71. The average molecular weight is 336 g/mol. The van der Waals surface area contributed by atoms with Crippen LogP contribution in [-0.2, 0) is 18.0 Å². The van der Waals surface area contributed by atoms with Crippen molar-refractivity contribution in [2.75, 3.05) is 19.8 Å². The normalized spacial score (nSPS) is 23.4. The summed E-state index contributed by atoms with van der Waals surface area (Å²) in [7, 11) is -3.57. The molecule has 1 aliphatic rings. The first-order chi connectivity index (χ1) is 9.02. The zero-order valence-electron chi connectivity index (χ0n) is 14.2. The largest absolute Gasteiger partial charge is 0.456 e. The molecule has 1 heterocycles. The maximum Gasteiger partial charge on any atom is 0.207 e. The minimum absolute atomic E-state index is 0.417. The second-order valence-corrected chi connectivity index (χ2v) is 18.9. The molecule has 20 heavy (non-hydrogen) atoms. The molecular weight excluding hydrogens is 304 g/mol. The molecule has 1 aliphatic heterocycles. The van der Waals surface area contributed by atoms with Crippen molar-refractivity contribution in [2.45, 2.75) is 64.1 Å². The second kappa shape index (κ2) is 7.17. The molecule has 0 amide bonds. The highest BCUT2D eigenvalue weighted by Crippen LogP contribution is 2.32. The van der Waals surface area contributed by atoms with Crippen molar-refractivity contribution in [2.24, 2.45) is 0 Å². The van der Waals surface area contributed by atoms with Gasteiger partial charge in [0.2, 0.25) is 5.79 Å². The van der Waals surface area contributed by atoms with Gasteiger partial charge in [-0.15, -0.1) is 0 Å². The molecule has 0 aromatic heterocycles. The molecule has 0 N–H and O–H groups in total. The van der Waals surface area contributed by atoms with Crippen molar-refractivity contribution < 1.29 is 18.0 Å². The molecule has 1 saturated heterocycles. The van der Waals surface area contributed by atoms with Crippen molar-refractivity contribution in [3.8, 4) is 0 Å². The number of epoxide rings is 1. The summed E-state index contributed by atoms with van der Waals surface area (Å²) in [5.41, 5.74) is 0. The van der Waals surface area contributed by atoms with E-state index in [0.717, 1.165) is 19.1 Å². The van der Waals surface area contributed by atoms with E-state index in [2.05, 4.69) is 45.8 Å². The van der Waals surface area contributed by atoms with E-state index in [1.807, 2.05) is 0 Å². The molecule has 0 saturated carbocycles. The summed E-state index contributed by atoms with van der Waals surface area (Å²) in [6, 6.07) is 1.15. The number of hydrogen-bond acceptors (Lipinski definition) is 4. The SMILES string of the molecule is C[Si](CCCOCC1(O[Si](C)(C)C)CO1)O[Si](C)(C)C. The van der Waals surface area contributed by atoms with Gasteiger partial charge in [-0.05, 0) is 58.3 Å². The van der Waals surface area contributed by atoms with E-state index in [9.17, 15) is 0 Å². The van der Waals surface area contributed by atoms with Gasteiger partial charge in [0.05, 0.1) is 0 Å². The fraction of sp³-hybridized carbons (Fsp3) is 1.00. The van der Waals surface area contributed by atoms with Gasteiger partial charge in [0.25, 0.3) is 0 Å². The van der Waals surface area contributed by atoms with E-state index in [0.29, 0.717) is 13.2 Å². The first-order valence-electron chi connectivity index (χ1n) is 7.45. The van der Waals surface area contributed by atoms with Crippen molar-refractivity contribution in [1.29, 1.82) is 0 Å². The van der Waals surface area contributed by atoms with Gasteiger partial charge >= 0.3 is 0 Å². The van der Waals surface area contributed by atoms with Crippen LogP contribution in [0.25, 0.3) is 0 Å². The summed E-state index contributed by atoms with van der Waals surface area (Å²) in [4.78, 5) is 0. The molecule has 0 aromatic rings. The highest BCUT2D eigenvalue weighted by atomic mass is 28.4. The summed E-state index contributed by atoms with van der Waals surface area (Å²) >= 11 is 0.